The standard InChI is InChI=1S/C24H21Cl2N3O/c1-24(2)12-19-22(20(30)13-24)23(15-5-9-17(26)10-6-15)29-21(27-19)11-18(28-29)14-3-7-16(25)8-4-14/h3-11,23,27H,12-13H2,1-2H3/t23-/m0/s1. The third-order valence-corrected chi connectivity index (χ3v) is 6.28. The summed E-state index contributed by atoms with van der Waals surface area (Å²) in [6, 6.07) is 17.0. The Morgan fingerprint density at radius 1 is 1.00 bits per heavy atom. The quantitative estimate of drug-likeness (QED) is 0.496. The van der Waals surface area contributed by atoms with Crippen LogP contribution in [0.1, 0.15) is 38.3 Å². The third kappa shape index (κ3) is 3.34. The highest BCUT2D eigenvalue weighted by Gasteiger charge is 2.41. The van der Waals surface area contributed by atoms with Gasteiger partial charge in [-0.15, -0.1) is 0 Å². The number of anilines is 1. The number of hydrogen-bond acceptors (Lipinski definition) is 3. The maximum absolute atomic E-state index is 13.2. The molecule has 0 spiro atoms. The van der Waals surface area contributed by atoms with Crippen LogP contribution >= 0.6 is 23.2 Å². The lowest BCUT2D eigenvalue weighted by Crippen LogP contribution is -2.36. The van der Waals surface area contributed by atoms with Gasteiger partial charge in [0.25, 0.3) is 0 Å². The first-order chi connectivity index (χ1) is 14.3. The molecule has 6 heteroatoms. The molecule has 152 valence electrons. The smallest absolute Gasteiger partial charge is 0.163 e. The highest BCUT2D eigenvalue weighted by molar-refractivity contribution is 6.30. The van der Waals surface area contributed by atoms with E-state index < -0.39 is 0 Å². The zero-order valence-corrected chi connectivity index (χ0v) is 18.3. The van der Waals surface area contributed by atoms with Crippen LogP contribution in [-0.2, 0) is 4.79 Å². The van der Waals surface area contributed by atoms with E-state index in [2.05, 4.69) is 19.2 Å². The normalized spacial score (nSPS) is 19.9. The average molecular weight is 438 g/mol. The lowest BCUT2D eigenvalue weighted by Gasteiger charge is -2.38. The van der Waals surface area contributed by atoms with E-state index in [0.717, 1.165) is 40.3 Å². The number of rotatable bonds is 2. The van der Waals surface area contributed by atoms with Crippen molar-refractivity contribution in [1.82, 2.24) is 9.78 Å². The summed E-state index contributed by atoms with van der Waals surface area (Å²) in [4.78, 5) is 13.2. The molecule has 1 atom stereocenters. The molecule has 1 N–H and O–H groups in total. The third-order valence-electron chi connectivity index (χ3n) is 5.78. The van der Waals surface area contributed by atoms with Crippen molar-refractivity contribution in [2.75, 3.05) is 5.32 Å². The van der Waals surface area contributed by atoms with Crippen LogP contribution in [0, 0.1) is 5.41 Å². The fourth-order valence-electron chi connectivity index (χ4n) is 4.44. The van der Waals surface area contributed by atoms with E-state index in [1.54, 1.807) is 0 Å². The van der Waals surface area contributed by atoms with E-state index in [4.69, 9.17) is 28.3 Å². The molecule has 0 amide bonds. The van der Waals surface area contributed by atoms with Gasteiger partial charge >= 0.3 is 0 Å². The molecule has 1 aliphatic carbocycles. The van der Waals surface area contributed by atoms with E-state index in [1.165, 1.54) is 0 Å². The maximum atomic E-state index is 13.2. The van der Waals surface area contributed by atoms with E-state index in [1.807, 2.05) is 59.3 Å². The molecule has 30 heavy (non-hydrogen) atoms. The molecule has 2 heterocycles. The van der Waals surface area contributed by atoms with Gasteiger partial charge in [0.05, 0.1) is 5.69 Å². The number of carbonyl (C=O) groups is 1. The number of halogens is 2. The second kappa shape index (κ2) is 7.00. The summed E-state index contributed by atoms with van der Waals surface area (Å²) in [7, 11) is 0. The van der Waals surface area contributed by atoms with Gasteiger partial charge in [-0.2, -0.15) is 5.10 Å². The summed E-state index contributed by atoms with van der Waals surface area (Å²) in [5.74, 6) is 1.05. The molecule has 5 rings (SSSR count). The number of aromatic nitrogens is 2. The molecule has 4 nitrogen and oxygen atoms in total. The summed E-state index contributed by atoms with van der Waals surface area (Å²) < 4.78 is 1.92. The Balaban J connectivity index is 1.67. The number of hydrogen-bond donors (Lipinski definition) is 1. The van der Waals surface area contributed by atoms with Gasteiger partial charge in [-0.1, -0.05) is 61.3 Å². The molecule has 1 aromatic heterocycles. The highest BCUT2D eigenvalue weighted by Crippen LogP contribution is 2.46. The molecule has 0 unspecified atom stereocenters. The number of benzene rings is 2. The molecule has 0 saturated heterocycles. The van der Waals surface area contributed by atoms with Crippen molar-refractivity contribution >= 4 is 34.8 Å². The summed E-state index contributed by atoms with van der Waals surface area (Å²) in [6.45, 7) is 4.28. The van der Waals surface area contributed by atoms with Crippen molar-refractivity contribution < 1.29 is 4.79 Å². The van der Waals surface area contributed by atoms with Crippen LogP contribution in [0.3, 0.4) is 0 Å². The fourth-order valence-corrected chi connectivity index (χ4v) is 4.69. The Labute approximate surface area is 185 Å². The minimum Gasteiger partial charge on any atom is -0.343 e. The molecule has 2 aromatic carbocycles. The Kier molecular flexibility index (Phi) is 4.53. The summed E-state index contributed by atoms with van der Waals surface area (Å²) >= 11 is 12.2. The first-order valence-electron chi connectivity index (χ1n) is 9.95. The van der Waals surface area contributed by atoms with Gasteiger partial charge in [-0.3, -0.25) is 4.79 Å². The van der Waals surface area contributed by atoms with E-state index in [-0.39, 0.29) is 17.2 Å². The lowest BCUT2D eigenvalue weighted by atomic mass is 9.73. The first-order valence-corrected chi connectivity index (χ1v) is 10.7. The Bertz CT molecular complexity index is 1170. The first kappa shape index (κ1) is 19.4. The van der Waals surface area contributed by atoms with Gasteiger partial charge in [-0.05, 0) is 41.7 Å². The van der Waals surface area contributed by atoms with Gasteiger partial charge in [-0.25, -0.2) is 4.68 Å². The van der Waals surface area contributed by atoms with Gasteiger partial charge < -0.3 is 5.32 Å². The SMILES string of the molecule is CC1(C)CC(=O)C2=C(C1)Nc1cc(-c3ccc(Cl)cc3)nn1[C@H]2c1ccc(Cl)cc1. The predicted octanol–water partition coefficient (Wildman–Crippen LogP) is 6.52. The minimum atomic E-state index is -0.279. The Morgan fingerprint density at radius 3 is 2.30 bits per heavy atom. The Hall–Kier alpha value is -2.56. The van der Waals surface area contributed by atoms with Crippen LogP contribution < -0.4 is 5.32 Å². The lowest BCUT2D eigenvalue weighted by molar-refractivity contribution is -0.118. The molecular formula is C24H21Cl2N3O. The van der Waals surface area contributed by atoms with Crippen molar-refractivity contribution in [1.29, 1.82) is 0 Å². The zero-order chi connectivity index (χ0) is 21.0. The fraction of sp³-hybridized carbons (Fsp3) is 0.250. The van der Waals surface area contributed by atoms with Gasteiger partial charge in [0.1, 0.15) is 11.9 Å². The number of nitrogens with zero attached hydrogens (tertiary/aromatic N) is 2. The van der Waals surface area contributed by atoms with Crippen molar-refractivity contribution in [3.63, 3.8) is 0 Å². The van der Waals surface area contributed by atoms with Crippen LogP contribution in [0.2, 0.25) is 10.0 Å². The van der Waals surface area contributed by atoms with Crippen LogP contribution in [0.25, 0.3) is 11.3 Å². The van der Waals surface area contributed by atoms with Crippen LogP contribution in [0.4, 0.5) is 5.82 Å². The second-order valence-electron chi connectivity index (χ2n) is 8.78. The molecule has 2 aliphatic rings. The number of fused-ring (bicyclic) bond motifs is 1. The molecule has 0 bridgehead atoms. The predicted molar refractivity (Wildman–Crippen MR) is 121 cm³/mol. The highest BCUT2D eigenvalue weighted by atomic mass is 35.5. The number of nitrogens with one attached hydrogen (secondary N) is 1. The molecular weight excluding hydrogens is 417 g/mol. The number of allylic oxidation sites excluding steroid dienone is 2. The van der Waals surface area contributed by atoms with Crippen LogP contribution in [-0.4, -0.2) is 15.6 Å². The largest absolute Gasteiger partial charge is 0.343 e. The number of carbonyl (C=O) groups excluding carboxylic acids is 1. The van der Waals surface area contributed by atoms with E-state index in [0.29, 0.717) is 16.5 Å². The molecule has 1 aliphatic heterocycles. The van der Waals surface area contributed by atoms with Crippen LogP contribution in [0.5, 0.6) is 0 Å². The maximum Gasteiger partial charge on any atom is 0.163 e. The summed E-state index contributed by atoms with van der Waals surface area (Å²) in [6.07, 6.45) is 1.35. The van der Waals surface area contributed by atoms with Gasteiger partial charge in [0.2, 0.25) is 0 Å². The summed E-state index contributed by atoms with van der Waals surface area (Å²) in [5, 5.41) is 9.74. The summed E-state index contributed by atoms with van der Waals surface area (Å²) in [5.41, 5.74) is 4.52. The number of Topliss-reactive ketones (excluding diaryl/α,β-unsaturated/α-hetero) is 1. The van der Waals surface area contributed by atoms with E-state index in [9.17, 15) is 4.79 Å². The molecule has 3 aromatic rings. The topological polar surface area (TPSA) is 46.9 Å². The average Bonchev–Trinajstić information content (AvgIpc) is 3.10. The van der Waals surface area contributed by atoms with Crippen LogP contribution in [0.15, 0.2) is 65.9 Å². The van der Waals surface area contributed by atoms with Crippen molar-refractivity contribution in [3.05, 3.63) is 81.5 Å². The monoisotopic (exact) mass is 437 g/mol. The number of ketones is 1. The zero-order valence-electron chi connectivity index (χ0n) is 16.7. The van der Waals surface area contributed by atoms with Crippen molar-refractivity contribution in [3.8, 4) is 11.3 Å². The Morgan fingerprint density at radius 2 is 1.63 bits per heavy atom. The minimum absolute atomic E-state index is 0.0747. The van der Waals surface area contributed by atoms with E-state index >= 15 is 0 Å². The van der Waals surface area contributed by atoms with Gasteiger partial charge in [0, 0.05) is 39.4 Å². The molecule has 0 saturated carbocycles. The molecule has 0 radical (unpaired) electrons. The van der Waals surface area contributed by atoms with Crippen molar-refractivity contribution in [2.45, 2.75) is 32.7 Å². The van der Waals surface area contributed by atoms with Gasteiger partial charge in [0.15, 0.2) is 5.78 Å². The van der Waals surface area contributed by atoms with Crippen molar-refractivity contribution in [2.24, 2.45) is 5.41 Å². The molecule has 0 fully saturated rings. The second-order valence-corrected chi connectivity index (χ2v) is 9.65.